The molecule has 1 aliphatic rings. The first-order valence-electron chi connectivity index (χ1n) is 7.25. The van der Waals surface area contributed by atoms with Gasteiger partial charge in [0.1, 0.15) is 5.75 Å². The van der Waals surface area contributed by atoms with Gasteiger partial charge in [0, 0.05) is 12.5 Å². The fourth-order valence-corrected chi connectivity index (χ4v) is 2.51. The summed E-state index contributed by atoms with van der Waals surface area (Å²) in [5, 5.41) is 4.03. The van der Waals surface area contributed by atoms with Crippen LogP contribution in [0.1, 0.15) is 40.7 Å². The lowest BCUT2D eigenvalue weighted by Gasteiger charge is -2.12. The average molecular weight is 288 g/mol. The van der Waals surface area contributed by atoms with Crippen molar-refractivity contribution in [3.8, 4) is 5.75 Å². The van der Waals surface area contributed by atoms with Gasteiger partial charge in [0.2, 0.25) is 0 Å². The molecule has 5 heteroatoms. The van der Waals surface area contributed by atoms with Gasteiger partial charge >= 0.3 is 0 Å². The van der Waals surface area contributed by atoms with E-state index in [9.17, 15) is 0 Å². The molecule has 0 aliphatic carbocycles. The van der Waals surface area contributed by atoms with E-state index >= 15 is 0 Å². The highest BCUT2D eigenvalue weighted by Crippen LogP contribution is 2.27. The Labute approximate surface area is 124 Å². The molecule has 0 spiro atoms. The number of nitrogens with zero attached hydrogens (tertiary/aromatic N) is 2. The summed E-state index contributed by atoms with van der Waals surface area (Å²) in [4.78, 5) is 4.41. The van der Waals surface area contributed by atoms with Crippen molar-refractivity contribution in [2.75, 3.05) is 13.2 Å². The number of aryl methyl sites for hydroxylation is 2. The second kappa shape index (κ2) is 5.85. The quantitative estimate of drug-likeness (QED) is 0.865. The Morgan fingerprint density at radius 1 is 1.24 bits per heavy atom. The number of ether oxygens (including phenoxy) is 2. The van der Waals surface area contributed by atoms with Gasteiger partial charge < -0.3 is 14.0 Å². The van der Waals surface area contributed by atoms with Crippen molar-refractivity contribution >= 4 is 0 Å². The van der Waals surface area contributed by atoms with E-state index in [1.54, 1.807) is 0 Å². The van der Waals surface area contributed by atoms with Crippen molar-refractivity contribution in [3.05, 3.63) is 40.5 Å². The third kappa shape index (κ3) is 2.93. The molecule has 0 N–H and O–H groups in total. The molecule has 2 heterocycles. The maximum atomic E-state index is 5.88. The zero-order chi connectivity index (χ0) is 14.8. The van der Waals surface area contributed by atoms with Crippen LogP contribution in [0.2, 0.25) is 0 Å². The molecular weight excluding hydrogens is 268 g/mol. The molecule has 1 saturated heterocycles. The molecule has 2 aromatic rings. The minimum atomic E-state index is 0.255. The molecule has 1 aliphatic heterocycles. The van der Waals surface area contributed by atoms with E-state index in [-0.39, 0.29) is 5.92 Å². The SMILES string of the molecule is Cc1ccc(C)c(OCc2nc([C@@H]3CCOC3)no2)c1C. The smallest absolute Gasteiger partial charge is 0.264 e. The summed E-state index contributed by atoms with van der Waals surface area (Å²) in [6, 6.07) is 4.16. The van der Waals surface area contributed by atoms with Crippen LogP contribution in [-0.2, 0) is 11.3 Å². The molecule has 0 bridgehead atoms. The molecule has 1 aromatic heterocycles. The Balaban J connectivity index is 1.69. The monoisotopic (exact) mass is 288 g/mol. The summed E-state index contributed by atoms with van der Waals surface area (Å²) < 4.78 is 16.5. The molecule has 21 heavy (non-hydrogen) atoms. The lowest BCUT2D eigenvalue weighted by atomic mass is 10.1. The Bertz CT molecular complexity index is 630. The van der Waals surface area contributed by atoms with Crippen LogP contribution in [0.25, 0.3) is 0 Å². The first-order valence-corrected chi connectivity index (χ1v) is 7.25. The van der Waals surface area contributed by atoms with Gasteiger partial charge in [0.05, 0.1) is 6.61 Å². The van der Waals surface area contributed by atoms with Crippen LogP contribution in [0.15, 0.2) is 16.7 Å². The summed E-state index contributed by atoms with van der Waals surface area (Å²) in [5.74, 6) is 2.39. The van der Waals surface area contributed by atoms with E-state index in [4.69, 9.17) is 14.0 Å². The molecule has 1 fully saturated rings. The highest BCUT2D eigenvalue weighted by molar-refractivity contribution is 5.44. The third-order valence-corrected chi connectivity index (χ3v) is 3.99. The largest absolute Gasteiger partial charge is 0.483 e. The number of benzene rings is 1. The van der Waals surface area contributed by atoms with E-state index in [1.807, 2.05) is 6.92 Å². The number of hydrogen-bond donors (Lipinski definition) is 0. The van der Waals surface area contributed by atoms with Gasteiger partial charge in [-0.1, -0.05) is 17.3 Å². The predicted molar refractivity (Wildman–Crippen MR) is 77.5 cm³/mol. The van der Waals surface area contributed by atoms with E-state index in [2.05, 4.69) is 36.1 Å². The predicted octanol–water partition coefficient (Wildman–Crippen LogP) is 3.08. The Kier molecular flexibility index (Phi) is 3.92. The summed E-state index contributed by atoms with van der Waals surface area (Å²) >= 11 is 0. The average Bonchev–Trinajstić information content (AvgIpc) is 3.13. The van der Waals surface area contributed by atoms with Crippen LogP contribution < -0.4 is 4.74 Å². The van der Waals surface area contributed by atoms with Crippen LogP contribution in [0, 0.1) is 20.8 Å². The molecule has 1 aromatic carbocycles. The fraction of sp³-hybridized carbons (Fsp3) is 0.500. The van der Waals surface area contributed by atoms with Gasteiger partial charge in [-0.2, -0.15) is 4.98 Å². The van der Waals surface area contributed by atoms with Crippen molar-refractivity contribution in [2.24, 2.45) is 0 Å². The molecule has 0 unspecified atom stereocenters. The number of rotatable bonds is 4. The van der Waals surface area contributed by atoms with E-state index in [0.29, 0.717) is 19.1 Å². The van der Waals surface area contributed by atoms with Gasteiger partial charge in [-0.25, -0.2) is 0 Å². The molecule has 0 radical (unpaired) electrons. The molecule has 1 atom stereocenters. The van der Waals surface area contributed by atoms with Gasteiger partial charge in [-0.3, -0.25) is 0 Å². The normalized spacial score (nSPS) is 18.1. The maximum absolute atomic E-state index is 5.88. The van der Waals surface area contributed by atoms with Crippen molar-refractivity contribution in [1.82, 2.24) is 10.1 Å². The van der Waals surface area contributed by atoms with Crippen molar-refractivity contribution in [3.63, 3.8) is 0 Å². The highest BCUT2D eigenvalue weighted by atomic mass is 16.5. The third-order valence-electron chi connectivity index (χ3n) is 3.99. The van der Waals surface area contributed by atoms with Crippen LogP contribution in [0.4, 0.5) is 0 Å². The minimum absolute atomic E-state index is 0.255. The Hall–Kier alpha value is -1.88. The summed E-state index contributed by atoms with van der Waals surface area (Å²) in [5.41, 5.74) is 3.48. The topological polar surface area (TPSA) is 57.4 Å². The first kappa shape index (κ1) is 14.1. The molecular formula is C16H20N2O3. The van der Waals surface area contributed by atoms with E-state index < -0.39 is 0 Å². The van der Waals surface area contributed by atoms with Gasteiger partial charge in [0.15, 0.2) is 12.4 Å². The van der Waals surface area contributed by atoms with Crippen LogP contribution >= 0.6 is 0 Å². The fourth-order valence-electron chi connectivity index (χ4n) is 2.51. The molecule has 5 nitrogen and oxygen atoms in total. The lowest BCUT2D eigenvalue weighted by Crippen LogP contribution is -2.02. The van der Waals surface area contributed by atoms with E-state index in [0.717, 1.165) is 35.7 Å². The Morgan fingerprint density at radius 2 is 2.05 bits per heavy atom. The van der Waals surface area contributed by atoms with Crippen molar-refractivity contribution < 1.29 is 14.0 Å². The van der Waals surface area contributed by atoms with Crippen molar-refractivity contribution in [1.29, 1.82) is 0 Å². The highest BCUT2D eigenvalue weighted by Gasteiger charge is 2.23. The van der Waals surface area contributed by atoms with Crippen LogP contribution in [0.3, 0.4) is 0 Å². The second-order valence-corrected chi connectivity index (χ2v) is 5.55. The molecule has 112 valence electrons. The Morgan fingerprint density at radius 3 is 2.81 bits per heavy atom. The standard InChI is InChI=1S/C16H20N2O3/c1-10-4-5-11(2)15(12(10)3)20-9-14-17-16(18-21-14)13-6-7-19-8-13/h4-5,13H,6-9H2,1-3H3/t13-/m1/s1. The van der Waals surface area contributed by atoms with Gasteiger partial charge in [-0.15, -0.1) is 0 Å². The summed E-state index contributed by atoms with van der Waals surface area (Å²) in [6.45, 7) is 7.92. The van der Waals surface area contributed by atoms with Crippen molar-refractivity contribution in [2.45, 2.75) is 39.7 Å². The number of aromatic nitrogens is 2. The molecule has 3 rings (SSSR count). The summed E-state index contributed by atoms with van der Waals surface area (Å²) in [7, 11) is 0. The van der Waals surface area contributed by atoms with Crippen LogP contribution in [0.5, 0.6) is 5.75 Å². The number of hydrogen-bond acceptors (Lipinski definition) is 5. The second-order valence-electron chi connectivity index (χ2n) is 5.55. The van der Waals surface area contributed by atoms with Gasteiger partial charge in [0.25, 0.3) is 5.89 Å². The molecule has 0 amide bonds. The first-order chi connectivity index (χ1) is 10.1. The lowest BCUT2D eigenvalue weighted by molar-refractivity contribution is 0.192. The van der Waals surface area contributed by atoms with E-state index in [1.165, 1.54) is 5.56 Å². The summed E-state index contributed by atoms with van der Waals surface area (Å²) in [6.07, 6.45) is 0.954. The minimum Gasteiger partial charge on any atom is -0.483 e. The zero-order valence-corrected chi connectivity index (χ0v) is 12.7. The zero-order valence-electron chi connectivity index (χ0n) is 12.7. The van der Waals surface area contributed by atoms with Crippen LogP contribution in [-0.4, -0.2) is 23.4 Å². The maximum Gasteiger partial charge on any atom is 0.264 e. The van der Waals surface area contributed by atoms with Gasteiger partial charge in [-0.05, 0) is 43.9 Å². The molecule has 0 saturated carbocycles.